The molecule has 0 aliphatic rings. The highest BCUT2D eigenvalue weighted by atomic mass is 19.1. The van der Waals surface area contributed by atoms with Crippen LogP contribution in [0.2, 0.25) is 0 Å². The number of nitrogens with zero attached hydrogens (tertiary/aromatic N) is 1. The maximum atomic E-state index is 13.7. The van der Waals surface area contributed by atoms with E-state index in [1.807, 2.05) is 0 Å². The van der Waals surface area contributed by atoms with Gasteiger partial charge in [0.05, 0.1) is 5.52 Å². The molecule has 0 amide bonds. The Bertz CT molecular complexity index is 545. The molecule has 0 saturated heterocycles. The number of aromatic nitrogens is 1. The summed E-state index contributed by atoms with van der Waals surface area (Å²) in [5, 5.41) is 0.392. The molecule has 0 aliphatic heterocycles. The fourth-order valence-corrected chi connectivity index (χ4v) is 1.88. The second-order valence-corrected chi connectivity index (χ2v) is 3.75. The summed E-state index contributed by atoms with van der Waals surface area (Å²) >= 11 is 0. The summed E-state index contributed by atoms with van der Waals surface area (Å²) in [6, 6.07) is 4.79. The zero-order valence-electron chi connectivity index (χ0n) is 9.03. The van der Waals surface area contributed by atoms with Gasteiger partial charge in [-0.15, -0.1) is 0 Å². The summed E-state index contributed by atoms with van der Waals surface area (Å²) in [5.41, 5.74) is 6.47. The Morgan fingerprint density at radius 2 is 2.25 bits per heavy atom. The van der Waals surface area contributed by atoms with Gasteiger partial charge in [0.15, 0.2) is 5.78 Å². The number of carbonyl (C=O) groups excluding carboxylic acids is 1. The van der Waals surface area contributed by atoms with Crippen LogP contribution < -0.4 is 5.73 Å². The zero-order valence-corrected chi connectivity index (χ0v) is 9.03. The van der Waals surface area contributed by atoms with Gasteiger partial charge < -0.3 is 10.3 Å². The lowest BCUT2D eigenvalue weighted by Crippen LogP contribution is -2.07. The van der Waals surface area contributed by atoms with E-state index in [-0.39, 0.29) is 24.6 Å². The van der Waals surface area contributed by atoms with Gasteiger partial charge in [-0.25, -0.2) is 4.39 Å². The van der Waals surface area contributed by atoms with E-state index in [1.54, 1.807) is 29.9 Å². The summed E-state index contributed by atoms with van der Waals surface area (Å²) in [4.78, 5) is 11.8. The summed E-state index contributed by atoms with van der Waals surface area (Å²) in [6.45, 7) is 0.281. The fraction of sp³-hybridized carbons (Fsp3) is 0.250. The first kappa shape index (κ1) is 10.8. The van der Waals surface area contributed by atoms with Crippen LogP contribution in [-0.2, 0) is 7.05 Å². The van der Waals surface area contributed by atoms with Gasteiger partial charge in [-0.1, -0.05) is 6.07 Å². The lowest BCUT2D eigenvalue weighted by atomic mass is 10.1. The van der Waals surface area contributed by atoms with E-state index >= 15 is 0 Å². The minimum atomic E-state index is -0.363. The molecule has 0 atom stereocenters. The third kappa shape index (κ3) is 1.61. The third-order valence-electron chi connectivity index (χ3n) is 2.64. The predicted molar refractivity (Wildman–Crippen MR) is 60.9 cm³/mol. The molecule has 2 rings (SSSR count). The van der Waals surface area contributed by atoms with Crippen LogP contribution in [0.15, 0.2) is 24.4 Å². The van der Waals surface area contributed by atoms with Crippen molar-refractivity contribution in [3.05, 3.63) is 35.8 Å². The molecule has 0 saturated carbocycles. The molecule has 0 unspecified atom stereocenters. The highest BCUT2D eigenvalue weighted by Gasteiger charge is 2.15. The number of ketones is 1. The van der Waals surface area contributed by atoms with Gasteiger partial charge in [0.1, 0.15) is 5.82 Å². The summed E-state index contributed by atoms with van der Waals surface area (Å²) in [6.07, 6.45) is 1.90. The highest BCUT2D eigenvalue weighted by molar-refractivity contribution is 6.08. The van der Waals surface area contributed by atoms with Crippen LogP contribution in [0.25, 0.3) is 10.9 Å². The van der Waals surface area contributed by atoms with Crippen LogP contribution >= 0.6 is 0 Å². The summed E-state index contributed by atoms with van der Waals surface area (Å²) in [5.74, 6) is -0.475. The van der Waals surface area contributed by atoms with Crippen LogP contribution in [0.5, 0.6) is 0 Å². The molecule has 1 aromatic carbocycles. The van der Waals surface area contributed by atoms with Crippen molar-refractivity contribution in [2.45, 2.75) is 6.42 Å². The molecule has 84 valence electrons. The van der Waals surface area contributed by atoms with E-state index in [0.29, 0.717) is 10.9 Å². The van der Waals surface area contributed by atoms with Crippen molar-refractivity contribution in [1.29, 1.82) is 0 Å². The van der Waals surface area contributed by atoms with Gasteiger partial charge in [0.25, 0.3) is 0 Å². The molecule has 0 aliphatic carbocycles. The largest absolute Gasteiger partial charge is 0.350 e. The van der Waals surface area contributed by atoms with E-state index in [9.17, 15) is 9.18 Å². The molecule has 2 aromatic rings. The molecule has 1 heterocycles. The van der Waals surface area contributed by atoms with Crippen molar-refractivity contribution >= 4 is 16.7 Å². The highest BCUT2D eigenvalue weighted by Crippen LogP contribution is 2.24. The molecule has 2 N–H and O–H groups in total. The van der Waals surface area contributed by atoms with E-state index in [1.165, 1.54) is 6.07 Å². The number of benzene rings is 1. The van der Waals surface area contributed by atoms with E-state index < -0.39 is 0 Å². The van der Waals surface area contributed by atoms with Gasteiger partial charge in [-0.05, 0) is 18.7 Å². The van der Waals surface area contributed by atoms with E-state index in [4.69, 9.17) is 5.73 Å². The first-order chi connectivity index (χ1) is 7.65. The first-order valence-electron chi connectivity index (χ1n) is 5.12. The molecule has 0 spiro atoms. The molecule has 0 bridgehead atoms. The van der Waals surface area contributed by atoms with Crippen molar-refractivity contribution in [3.8, 4) is 0 Å². The number of Topliss-reactive ketones (excluding diaryl/α,β-unsaturated/α-hetero) is 1. The third-order valence-corrected chi connectivity index (χ3v) is 2.64. The number of halogens is 1. The second-order valence-electron chi connectivity index (χ2n) is 3.75. The Morgan fingerprint density at radius 1 is 1.50 bits per heavy atom. The van der Waals surface area contributed by atoms with Gasteiger partial charge in [-0.2, -0.15) is 0 Å². The van der Waals surface area contributed by atoms with Crippen LogP contribution in [0, 0.1) is 5.82 Å². The van der Waals surface area contributed by atoms with Crippen molar-refractivity contribution in [2.24, 2.45) is 12.8 Å². The van der Waals surface area contributed by atoms with Gasteiger partial charge in [0.2, 0.25) is 0 Å². The standard InChI is InChI=1S/C12H13FN2O/c1-15-7-8(11(16)5-6-14)12-9(13)3-2-4-10(12)15/h2-4,7H,5-6,14H2,1H3. The number of hydrogen-bond acceptors (Lipinski definition) is 2. The maximum Gasteiger partial charge on any atom is 0.166 e. The molecule has 0 fully saturated rings. The minimum absolute atomic E-state index is 0.113. The predicted octanol–water partition coefficient (Wildman–Crippen LogP) is 1.85. The van der Waals surface area contributed by atoms with Crippen LogP contribution in [-0.4, -0.2) is 16.9 Å². The average molecular weight is 220 g/mol. The first-order valence-corrected chi connectivity index (χ1v) is 5.12. The molecule has 16 heavy (non-hydrogen) atoms. The number of hydrogen-bond donors (Lipinski definition) is 1. The lowest BCUT2D eigenvalue weighted by molar-refractivity contribution is 0.0986. The molecule has 1 aromatic heterocycles. The number of rotatable bonds is 3. The van der Waals surface area contributed by atoms with Gasteiger partial charge in [-0.3, -0.25) is 4.79 Å². The van der Waals surface area contributed by atoms with Crippen LogP contribution in [0.1, 0.15) is 16.8 Å². The Labute approximate surface area is 92.7 Å². The Morgan fingerprint density at radius 3 is 2.94 bits per heavy atom. The minimum Gasteiger partial charge on any atom is -0.350 e. The van der Waals surface area contributed by atoms with E-state index in [2.05, 4.69) is 0 Å². The molecular formula is C12H13FN2O. The monoisotopic (exact) mass is 220 g/mol. The van der Waals surface area contributed by atoms with Crippen molar-refractivity contribution in [3.63, 3.8) is 0 Å². The average Bonchev–Trinajstić information content (AvgIpc) is 2.58. The Kier molecular flexibility index (Phi) is 2.75. The topological polar surface area (TPSA) is 48.0 Å². The Hall–Kier alpha value is -1.68. The van der Waals surface area contributed by atoms with Crippen LogP contribution in [0.4, 0.5) is 4.39 Å². The molecule has 4 heteroatoms. The fourth-order valence-electron chi connectivity index (χ4n) is 1.88. The number of carbonyl (C=O) groups is 1. The second kappa shape index (κ2) is 4.06. The SMILES string of the molecule is Cn1cc(C(=O)CCN)c2c(F)cccc21. The van der Waals surface area contributed by atoms with E-state index in [0.717, 1.165) is 5.52 Å². The zero-order chi connectivity index (χ0) is 11.7. The Balaban J connectivity index is 2.66. The van der Waals surface area contributed by atoms with Gasteiger partial charge in [0, 0.05) is 30.6 Å². The van der Waals surface area contributed by atoms with Crippen molar-refractivity contribution in [2.75, 3.05) is 6.54 Å². The van der Waals surface area contributed by atoms with Crippen LogP contribution in [0.3, 0.4) is 0 Å². The summed E-state index contributed by atoms with van der Waals surface area (Å²) < 4.78 is 15.4. The lowest BCUT2D eigenvalue weighted by Gasteiger charge is -1.98. The van der Waals surface area contributed by atoms with Gasteiger partial charge >= 0.3 is 0 Å². The number of fused-ring (bicyclic) bond motifs is 1. The normalized spacial score (nSPS) is 10.9. The molecular weight excluding hydrogens is 207 g/mol. The molecule has 0 radical (unpaired) electrons. The maximum absolute atomic E-state index is 13.7. The quantitative estimate of drug-likeness (QED) is 0.802. The molecule has 3 nitrogen and oxygen atoms in total. The van der Waals surface area contributed by atoms with Crippen molar-refractivity contribution < 1.29 is 9.18 Å². The smallest absolute Gasteiger partial charge is 0.166 e. The van der Waals surface area contributed by atoms with Crippen molar-refractivity contribution in [1.82, 2.24) is 4.57 Å². The summed E-state index contributed by atoms with van der Waals surface area (Å²) in [7, 11) is 1.79. The number of aryl methyl sites for hydroxylation is 1. The number of nitrogens with two attached hydrogens (primary N) is 1.